The van der Waals surface area contributed by atoms with Crippen LogP contribution in [0.4, 0.5) is 0 Å². The van der Waals surface area contributed by atoms with Crippen molar-refractivity contribution in [2.24, 2.45) is 0 Å². The van der Waals surface area contributed by atoms with Crippen molar-refractivity contribution in [3.63, 3.8) is 0 Å². The van der Waals surface area contributed by atoms with E-state index in [2.05, 4.69) is 10.1 Å². The Kier molecular flexibility index (Phi) is 6.40. The van der Waals surface area contributed by atoms with Gasteiger partial charge in [0.05, 0.1) is 12.9 Å². The lowest BCUT2D eigenvalue weighted by Crippen LogP contribution is -2.37. The SMILES string of the molecule is COC(=O)C(C)SCC(=O)NC1CCCCC1. The predicted octanol–water partition coefficient (Wildman–Crippen LogP) is 1.73. The van der Waals surface area contributed by atoms with Crippen LogP contribution in [0.25, 0.3) is 0 Å². The molecule has 0 spiro atoms. The van der Waals surface area contributed by atoms with Crippen molar-refractivity contribution >= 4 is 23.6 Å². The van der Waals surface area contributed by atoms with E-state index in [1.807, 2.05) is 0 Å². The second-order valence-corrected chi connectivity index (χ2v) is 5.71. The average molecular weight is 259 g/mol. The molecule has 5 heteroatoms. The monoisotopic (exact) mass is 259 g/mol. The zero-order chi connectivity index (χ0) is 12.7. The quantitative estimate of drug-likeness (QED) is 0.764. The maximum Gasteiger partial charge on any atom is 0.318 e. The van der Waals surface area contributed by atoms with Gasteiger partial charge in [-0.3, -0.25) is 9.59 Å². The van der Waals surface area contributed by atoms with E-state index < -0.39 is 0 Å². The maximum atomic E-state index is 11.6. The van der Waals surface area contributed by atoms with Gasteiger partial charge in [-0.2, -0.15) is 0 Å². The molecule has 1 amide bonds. The molecular formula is C12H21NO3S. The summed E-state index contributed by atoms with van der Waals surface area (Å²) in [6.07, 6.45) is 5.86. The number of hydrogen-bond donors (Lipinski definition) is 1. The summed E-state index contributed by atoms with van der Waals surface area (Å²) in [5.74, 6) is 0.0744. The van der Waals surface area contributed by atoms with Crippen molar-refractivity contribution in [1.29, 1.82) is 0 Å². The minimum atomic E-state index is -0.280. The lowest BCUT2D eigenvalue weighted by Gasteiger charge is -2.22. The summed E-state index contributed by atoms with van der Waals surface area (Å²) in [5.41, 5.74) is 0. The van der Waals surface area contributed by atoms with Gasteiger partial charge in [-0.1, -0.05) is 19.3 Å². The van der Waals surface area contributed by atoms with Crippen LogP contribution in [0.1, 0.15) is 39.0 Å². The molecule has 0 bridgehead atoms. The molecule has 0 aliphatic heterocycles. The van der Waals surface area contributed by atoms with Gasteiger partial charge in [0.15, 0.2) is 0 Å². The van der Waals surface area contributed by atoms with E-state index in [1.165, 1.54) is 38.1 Å². The molecule has 0 heterocycles. The van der Waals surface area contributed by atoms with E-state index in [0.29, 0.717) is 11.8 Å². The molecule has 1 saturated carbocycles. The molecule has 1 unspecified atom stereocenters. The van der Waals surface area contributed by atoms with E-state index in [-0.39, 0.29) is 17.1 Å². The Labute approximate surface area is 107 Å². The predicted molar refractivity (Wildman–Crippen MR) is 69.0 cm³/mol. The molecule has 1 fully saturated rings. The zero-order valence-corrected chi connectivity index (χ0v) is 11.3. The maximum absolute atomic E-state index is 11.6. The van der Waals surface area contributed by atoms with Gasteiger partial charge in [-0.15, -0.1) is 11.8 Å². The summed E-state index contributed by atoms with van der Waals surface area (Å²) in [4.78, 5) is 22.8. The van der Waals surface area contributed by atoms with Crippen molar-refractivity contribution in [3.05, 3.63) is 0 Å². The molecule has 0 saturated heterocycles. The third-order valence-electron chi connectivity index (χ3n) is 2.97. The number of hydrogen-bond acceptors (Lipinski definition) is 4. The third-order valence-corrected chi connectivity index (χ3v) is 4.09. The summed E-state index contributed by atoms with van der Waals surface area (Å²) in [6, 6.07) is 0.338. The van der Waals surface area contributed by atoms with E-state index in [0.717, 1.165) is 12.8 Å². The van der Waals surface area contributed by atoms with Crippen LogP contribution >= 0.6 is 11.8 Å². The Bertz CT molecular complexity index is 264. The fourth-order valence-electron chi connectivity index (χ4n) is 1.95. The second kappa shape index (κ2) is 7.58. The summed E-state index contributed by atoms with van der Waals surface area (Å²) >= 11 is 1.32. The second-order valence-electron chi connectivity index (χ2n) is 4.38. The molecular weight excluding hydrogens is 238 g/mol. The smallest absolute Gasteiger partial charge is 0.318 e. The molecule has 1 rings (SSSR count). The number of carbonyl (C=O) groups is 2. The summed E-state index contributed by atoms with van der Waals surface area (Å²) in [6.45, 7) is 1.75. The highest BCUT2D eigenvalue weighted by molar-refractivity contribution is 8.01. The van der Waals surface area contributed by atoms with Gasteiger partial charge in [0.2, 0.25) is 5.91 Å². The Morgan fingerprint density at radius 2 is 2.00 bits per heavy atom. The van der Waals surface area contributed by atoms with Crippen molar-refractivity contribution in [2.45, 2.75) is 50.3 Å². The zero-order valence-electron chi connectivity index (χ0n) is 10.5. The first-order chi connectivity index (χ1) is 8.13. The van der Waals surface area contributed by atoms with E-state index in [9.17, 15) is 9.59 Å². The van der Waals surface area contributed by atoms with Gasteiger partial charge in [0.1, 0.15) is 5.25 Å². The standard InChI is InChI=1S/C12H21NO3S/c1-9(12(15)16-2)17-8-11(14)13-10-6-4-3-5-7-10/h9-10H,3-8H2,1-2H3,(H,13,14). The van der Waals surface area contributed by atoms with Crippen LogP contribution in [-0.4, -0.2) is 36.0 Å². The molecule has 1 atom stereocenters. The van der Waals surface area contributed by atoms with Gasteiger partial charge >= 0.3 is 5.97 Å². The van der Waals surface area contributed by atoms with Crippen LogP contribution in [0.5, 0.6) is 0 Å². The van der Waals surface area contributed by atoms with Crippen LogP contribution in [-0.2, 0) is 14.3 Å². The Morgan fingerprint density at radius 3 is 2.59 bits per heavy atom. The van der Waals surface area contributed by atoms with Gasteiger partial charge in [-0.05, 0) is 19.8 Å². The molecule has 4 nitrogen and oxygen atoms in total. The van der Waals surface area contributed by atoms with Crippen molar-refractivity contribution in [2.75, 3.05) is 12.9 Å². The van der Waals surface area contributed by atoms with Crippen LogP contribution in [0.3, 0.4) is 0 Å². The highest BCUT2D eigenvalue weighted by Gasteiger charge is 2.18. The molecule has 0 aromatic carbocycles. The Hall–Kier alpha value is -0.710. The normalized spacial score (nSPS) is 18.5. The molecule has 0 radical (unpaired) electrons. The van der Waals surface area contributed by atoms with Crippen molar-refractivity contribution in [3.8, 4) is 0 Å². The Morgan fingerprint density at radius 1 is 1.35 bits per heavy atom. The molecule has 1 aliphatic rings. The summed E-state index contributed by atoms with van der Waals surface area (Å²) in [7, 11) is 1.36. The molecule has 98 valence electrons. The number of nitrogens with one attached hydrogen (secondary N) is 1. The minimum Gasteiger partial charge on any atom is -0.468 e. The van der Waals surface area contributed by atoms with Crippen LogP contribution < -0.4 is 5.32 Å². The lowest BCUT2D eigenvalue weighted by molar-refractivity contribution is -0.139. The number of carbonyl (C=O) groups excluding carboxylic acids is 2. The summed E-state index contributed by atoms with van der Waals surface area (Å²) in [5, 5.41) is 2.74. The fourth-order valence-corrected chi connectivity index (χ4v) is 2.67. The van der Waals surface area contributed by atoms with Gasteiger partial charge in [-0.25, -0.2) is 0 Å². The first-order valence-corrected chi connectivity index (χ1v) is 7.17. The molecule has 1 aliphatic carbocycles. The fraction of sp³-hybridized carbons (Fsp3) is 0.833. The summed E-state index contributed by atoms with van der Waals surface area (Å²) < 4.78 is 4.60. The number of methoxy groups -OCH3 is 1. The van der Waals surface area contributed by atoms with Gasteiger partial charge < -0.3 is 10.1 Å². The minimum absolute atomic E-state index is 0.0256. The third kappa shape index (κ3) is 5.44. The number of esters is 1. The van der Waals surface area contributed by atoms with Crippen molar-refractivity contribution in [1.82, 2.24) is 5.32 Å². The van der Waals surface area contributed by atoms with Gasteiger partial charge in [0.25, 0.3) is 0 Å². The first-order valence-electron chi connectivity index (χ1n) is 6.12. The van der Waals surface area contributed by atoms with E-state index in [1.54, 1.807) is 6.92 Å². The largest absolute Gasteiger partial charge is 0.468 e. The molecule has 17 heavy (non-hydrogen) atoms. The highest BCUT2D eigenvalue weighted by atomic mass is 32.2. The van der Waals surface area contributed by atoms with Crippen molar-refractivity contribution < 1.29 is 14.3 Å². The van der Waals surface area contributed by atoms with Crippen LogP contribution in [0, 0.1) is 0 Å². The topological polar surface area (TPSA) is 55.4 Å². The molecule has 1 N–H and O–H groups in total. The molecule has 0 aromatic rings. The lowest BCUT2D eigenvalue weighted by atomic mass is 9.95. The van der Waals surface area contributed by atoms with Crippen LogP contribution in [0.15, 0.2) is 0 Å². The first kappa shape index (κ1) is 14.4. The number of ether oxygens (including phenoxy) is 1. The van der Waals surface area contributed by atoms with E-state index in [4.69, 9.17) is 0 Å². The highest BCUT2D eigenvalue weighted by Crippen LogP contribution is 2.18. The van der Waals surface area contributed by atoms with E-state index >= 15 is 0 Å². The molecule has 0 aromatic heterocycles. The van der Waals surface area contributed by atoms with Crippen LogP contribution in [0.2, 0.25) is 0 Å². The number of rotatable bonds is 5. The number of thioether (sulfide) groups is 1. The number of amides is 1. The van der Waals surface area contributed by atoms with Gasteiger partial charge in [0, 0.05) is 6.04 Å². The average Bonchev–Trinajstić information content (AvgIpc) is 2.36. The Balaban J connectivity index is 2.18.